The highest BCUT2D eigenvalue weighted by Crippen LogP contribution is 2.24. The van der Waals surface area contributed by atoms with Gasteiger partial charge in [0.05, 0.1) is 11.0 Å². The molecule has 2 N–H and O–H groups in total. The molecule has 0 unspecified atom stereocenters. The van der Waals surface area contributed by atoms with Gasteiger partial charge in [-0.25, -0.2) is 4.98 Å². The van der Waals surface area contributed by atoms with E-state index in [0.717, 1.165) is 25.9 Å². The molecule has 0 aliphatic carbocycles. The quantitative estimate of drug-likeness (QED) is 0.616. The maximum atomic E-state index is 10.8. The van der Waals surface area contributed by atoms with Crippen LogP contribution in [0.15, 0.2) is 12.3 Å². The molecule has 6 nitrogen and oxygen atoms in total. The van der Waals surface area contributed by atoms with Crippen LogP contribution < -0.4 is 10.6 Å². The average Bonchev–Trinajstić information content (AvgIpc) is 2.30. The summed E-state index contributed by atoms with van der Waals surface area (Å²) in [7, 11) is 0. The molecule has 0 aromatic carbocycles. The largest absolute Gasteiger partial charge is 0.356 e. The van der Waals surface area contributed by atoms with E-state index in [1.54, 1.807) is 19.2 Å². The Hall–Kier alpha value is -1.69. The van der Waals surface area contributed by atoms with E-state index in [4.69, 9.17) is 5.73 Å². The van der Waals surface area contributed by atoms with E-state index in [1.807, 2.05) is 0 Å². The minimum Gasteiger partial charge on any atom is -0.356 e. The van der Waals surface area contributed by atoms with Crippen molar-refractivity contribution in [3.8, 4) is 0 Å². The maximum absolute atomic E-state index is 10.8. The first-order valence-electron chi connectivity index (χ1n) is 5.69. The van der Waals surface area contributed by atoms with Gasteiger partial charge < -0.3 is 10.6 Å². The second-order valence-corrected chi connectivity index (χ2v) is 4.41. The molecule has 0 atom stereocenters. The van der Waals surface area contributed by atoms with Crippen LogP contribution in [0.25, 0.3) is 0 Å². The summed E-state index contributed by atoms with van der Waals surface area (Å²) in [6.45, 7) is 3.32. The van der Waals surface area contributed by atoms with E-state index in [-0.39, 0.29) is 16.7 Å². The number of hydrogen-bond donors (Lipinski definition) is 1. The fraction of sp³-hybridized carbons (Fsp3) is 0.545. The van der Waals surface area contributed by atoms with Gasteiger partial charge in [0.1, 0.15) is 5.82 Å². The molecule has 1 fully saturated rings. The highest BCUT2D eigenvalue weighted by Gasteiger charge is 2.20. The van der Waals surface area contributed by atoms with Crippen LogP contribution in [-0.4, -0.2) is 29.0 Å². The van der Waals surface area contributed by atoms with E-state index >= 15 is 0 Å². The summed E-state index contributed by atoms with van der Waals surface area (Å²) in [6, 6.07) is 1.79. The van der Waals surface area contributed by atoms with Crippen LogP contribution in [0.5, 0.6) is 0 Å². The SMILES string of the molecule is Cc1cnc(N2CCC(N)CC2)cc1[N+](=O)[O-]. The fourth-order valence-electron chi connectivity index (χ4n) is 2.00. The Bertz CT molecular complexity index is 427. The zero-order valence-electron chi connectivity index (χ0n) is 9.80. The summed E-state index contributed by atoms with van der Waals surface area (Å²) in [5.74, 6) is 0.675. The minimum absolute atomic E-state index is 0.130. The lowest BCUT2D eigenvalue weighted by Crippen LogP contribution is -2.40. The van der Waals surface area contributed by atoms with Gasteiger partial charge in [0.25, 0.3) is 5.69 Å². The lowest BCUT2D eigenvalue weighted by molar-refractivity contribution is -0.385. The number of anilines is 1. The molecule has 6 heteroatoms. The van der Waals surface area contributed by atoms with Crippen molar-refractivity contribution in [2.75, 3.05) is 18.0 Å². The smallest absolute Gasteiger partial charge is 0.277 e. The van der Waals surface area contributed by atoms with Crippen LogP contribution in [0.4, 0.5) is 11.5 Å². The number of rotatable bonds is 2. The third kappa shape index (κ3) is 2.52. The van der Waals surface area contributed by atoms with Crippen molar-refractivity contribution in [2.24, 2.45) is 5.73 Å². The first kappa shape index (κ1) is 11.8. The Morgan fingerprint density at radius 2 is 2.18 bits per heavy atom. The normalized spacial score (nSPS) is 17.2. The summed E-state index contributed by atoms with van der Waals surface area (Å²) in [5, 5.41) is 10.8. The zero-order chi connectivity index (χ0) is 12.4. The topological polar surface area (TPSA) is 85.3 Å². The van der Waals surface area contributed by atoms with E-state index in [0.29, 0.717) is 11.4 Å². The van der Waals surface area contributed by atoms with Crippen molar-refractivity contribution in [3.63, 3.8) is 0 Å². The Morgan fingerprint density at radius 1 is 1.53 bits per heavy atom. The molecule has 0 radical (unpaired) electrons. The van der Waals surface area contributed by atoms with Crippen molar-refractivity contribution >= 4 is 11.5 Å². The predicted octanol–water partition coefficient (Wildman–Crippen LogP) is 1.23. The molecule has 0 bridgehead atoms. The van der Waals surface area contributed by atoms with Gasteiger partial charge in [-0.1, -0.05) is 0 Å². The number of aromatic nitrogens is 1. The molecule has 2 rings (SSSR count). The Balaban J connectivity index is 2.21. The van der Waals surface area contributed by atoms with Gasteiger partial charge in [0.2, 0.25) is 0 Å². The first-order chi connectivity index (χ1) is 8.08. The molecular formula is C11H16N4O2. The molecule has 1 aromatic rings. The van der Waals surface area contributed by atoms with E-state index in [1.165, 1.54) is 0 Å². The summed E-state index contributed by atoms with van der Waals surface area (Å²) in [4.78, 5) is 16.8. The predicted molar refractivity (Wildman–Crippen MR) is 65.1 cm³/mol. The molecule has 2 heterocycles. The van der Waals surface area contributed by atoms with Gasteiger partial charge in [-0.3, -0.25) is 10.1 Å². The van der Waals surface area contributed by atoms with E-state index < -0.39 is 0 Å². The second kappa shape index (κ2) is 4.67. The van der Waals surface area contributed by atoms with Gasteiger partial charge in [-0.05, 0) is 19.8 Å². The lowest BCUT2D eigenvalue weighted by Gasteiger charge is -2.30. The van der Waals surface area contributed by atoms with Gasteiger partial charge in [0.15, 0.2) is 0 Å². The van der Waals surface area contributed by atoms with E-state index in [9.17, 15) is 10.1 Å². The molecule has 0 spiro atoms. The second-order valence-electron chi connectivity index (χ2n) is 4.41. The molecule has 1 saturated heterocycles. The number of nitro groups is 1. The van der Waals surface area contributed by atoms with Gasteiger partial charge in [-0.15, -0.1) is 0 Å². The molecule has 1 aliphatic heterocycles. The molecule has 1 aromatic heterocycles. The van der Waals surface area contributed by atoms with Crippen LogP contribution in [-0.2, 0) is 0 Å². The third-order valence-corrected chi connectivity index (χ3v) is 3.12. The van der Waals surface area contributed by atoms with Crippen molar-refractivity contribution < 1.29 is 4.92 Å². The van der Waals surface area contributed by atoms with E-state index in [2.05, 4.69) is 9.88 Å². The summed E-state index contributed by atoms with van der Waals surface area (Å²) in [5.41, 5.74) is 6.54. The Morgan fingerprint density at radius 3 is 2.76 bits per heavy atom. The molecule has 0 amide bonds. The Labute approximate surface area is 99.6 Å². The monoisotopic (exact) mass is 236 g/mol. The highest BCUT2D eigenvalue weighted by atomic mass is 16.6. The average molecular weight is 236 g/mol. The minimum atomic E-state index is -0.365. The molecule has 0 saturated carbocycles. The number of nitrogens with two attached hydrogens (primary N) is 1. The third-order valence-electron chi connectivity index (χ3n) is 3.12. The number of nitrogens with zero attached hydrogens (tertiary/aromatic N) is 3. The highest BCUT2D eigenvalue weighted by molar-refractivity contribution is 5.50. The van der Waals surface area contributed by atoms with Gasteiger partial charge >= 0.3 is 0 Å². The summed E-state index contributed by atoms with van der Waals surface area (Å²) < 4.78 is 0. The van der Waals surface area contributed by atoms with Gasteiger partial charge in [-0.2, -0.15) is 0 Å². The first-order valence-corrected chi connectivity index (χ1v) is 5.69. The van der Waals surface area contributed by atoms with Crippen LogP contribution >= 0.6 is 0 Å². The van der Waals surface area contributed by atoms with Crippen LogP contribution in [0.1, 0.15) is 18.4 Å². The number of aryl methyl sites for hydroxylation is 1. The number of pyridine rings is 1. The zero-order valence-corrected chi connectivity index (χ0v) is 9.80. The van der Waals surface area contributed by atoms with Crippen LogP contribution in [0, 0.1) is 17.0 Å². The number of piperidine rings is 1. The molecule has 1 aliphatic rings. The van der Waals surface area contributed by atoms with Crippen molar-refractivity contribution in [1.82, 2.24) is 4.98 Å². The van der Waals surface area contributed by atoms with Gasteiger partial charge in [0, 0.05) is 30.9 Å². The van der Waals surface area contributed by atoms with Crippen LogP contribution in [0.2, 0.25) is 0 Å². The molecule has 17 heavy (non-hydrogen) atoms. The van der Waals surface area contributed by atoms with Crippen molar-refractivity contribution in [3.05, 3.63) is 27.9 Å². The van der Waals surface area contributed by atoms with Crippen molar-refractivity contribution in [2.45, 2.75) is 25.8 Å². The maximum Gasteiger partial charge on any atom is 0.277 e. The molecular weight excluding hydrogens is 220 g/mol. The number of hydrogen-bond acceptors (Lipinski definition) is 5. The van der Waals surface area contributed by atoms with Crippen LogP contribution in [0.3, 0.4) is 0 Å². The lowest BCUT2D eigenvalue weighted by atomic mass is 10.1. The summed E-state index contributed by atoms with van der Waals surface area (Å²) >= 11 is 0. The molecule has 92 valence electrons. The Kier molecular flexibility index (Phi) is 3.23. The summed E-state index contributed by atoms with van der Waals surface area (Å²) in [6.07, 6.45) is 3.37. The fourth-order valence-corrected chi connectivity index (χ4v) is 2.00. The standard InChI is InChI=1S/C11H16N4O2/c1-8-7-13-11(6-10(8)15(16)17)14-4-2-9(12)3-5-14/h6-7,9H,2-5,12H2,1H3. The van der Waals surface area contributed by atoms with Crippen molar-refractivity contribution in [1.29, 1.82) is 0 Å².